The molecule has 37 heavy (non-hydrogen) atoms. The van der Waals surface area contributed by atoms with Crippen LogP contribution in [-0.2, 0) is 22.5 Å². The topological polar surface area (TPSA) is 133 Å². The number of carbonyl (C=O) groups excluding carboxylic acids is 2. The number of hydrogen-bond acceptors (Lipinski definition) is 9. The van der Waals surface area contributed by atoms with Gasteiger partial charge in [0.2, 0.25) is 5.89 Å². The number of nitrogens with zero attached hydrogens (tertiary/aromatic N) is 4. The molecule has 1 amide bonds. The quantitative estimate of drug-likeness (QED) is 0.330. The predicted octanol–water partition coefficient (Wildman–Crippen LogP) is 3.20. The Hall–Kier alpha value is -4.41. The number of fused-ring (bicyclic) bond motifs is 1. The lowest BCUT2D eigenvalue weighted by Crippen LogP contribution is -2.31. The van der Waals surface area contributed by atoms with E-state index in [4.69, 9.17) is 13.9 Å². The summed E-state index contributed by atoms with van der Waals surface area (Å²) in [6.07, 6.45) is 6.30. The Bertz CT molecular complexity index is 1410. The molecule has 3 aromatic heterocycles. The van der Waals surface area contributed by atoms with Gasteiger partial charge in [-0.1, -0.05) is 12.1 Å². The molecule has 4 aromatic rings. The summed E-state index contributed by atoms with van der Waals surface area (Å²) in [6, 6.07) is 7.58. The summed E-state index contributed by atoms with van der Waals surface area (Å²) in [6.45, 7) is 3.45. The molecule has 0 aliphatic carbocycles. The molecule has 0 saturated carbocycles. The van der Waals surface area contributed by atoms with Crippen molar-refractivity contribution in [2.24, 2.45) is 0 Å². The van der Waals surface area contributed by atoms with Crippen LogP contribution in [0.5, 0.6) is 5.75 Å². The number of amides is 1. The molecule has 192 valence electrons. The Kier molecular flexibility index (Phi) is 7.02. The molecule has 1 aliphatic rings. The second-order valence-corrected chi connectivity index (χ2v) is 8.69. The molecule has 1 aromatic carbocycles. The highest BCUT2D eigenvalue weighted by Gasteiger charge is 2.25. The van der Waals surface area contributed by atoms with Crippen LogP contribution in [0, 0.1) is 0 Å². The van der Waals surface area contributed by atoms with Crippen molar-refractivity contribution in [1.82, 2.24) is 25.1 Å². The first-order valence-electron chi connectivity index (χ1n) is 12.2. The zero-order valence-corrected chi connectivity index (χ0v) is 20.7. The molecule has 1 saturated heterocycles. The van der Waals surface area contributed by atoms with E-state index in [1.165, 1.54) is 6.26 Å². The number of cyclic esters (lactones) is 1. The Labute approximate surface area is 213 Å². The molecule has 11 heteroatoms. The number of rotatable bonds is 9. The van der Waals surface area contributed by atoms with Crippen molar-refractivity contribution >= 4 is 28.6 Å². The van der Waals surface area contributed by atoms with Gasteiger partial charge in [0.05, 0.1) is 43.0 Å². The molecule has 1 aliphatic heterocycles. The maximum Gasteiger partial charge on any atom is 0.307 e. The molecule has 1 atom stereocenters. The minimum atomic E-state index is -0.333. The van der Waals surface area contributed by atoms with E-state index in [-0.39, 0.29) is 35.9 Å². The number of aromatic nitrogens is 4. The van der Waals surface area contributed by atoms with Crippen molar-refractivity contribution < 1.29 is 23.5 Å². The Balaban J connectivity index is 1.34. The van der Waals surface area contributed by atoms with Crippen molar-refractivity contribution in [2.45, 2.75) is 38.8 Å². The van der Waals surface area contributed by atoms with E-state index in [1.54, 1.807) is 24.2 Å². The number of oxazole rings is 1. The van der Waals surface area contributed by atoms with Crippen LogP contribution >= 0.6 is 0 Å². The van der Waals surface area contributed by atoms with Gasteiger partial charge in [0.1, 0.15) is 12.0 Å². The second-order valence-electron chi connectivity index (χ2n) is 8.69. The molecular formula is C26H28N6O5. The van der Waals surface area contributed by atoms with Crippen LogP contribution in [0.25, 0.3) is 22.5 Å². The van der Waals surface area contributed by atoms with E-state index in [0.717, 1.165) is 16.7 Å². The number of methoxy groups -OCH3 is 1. The smallest absolute Gasteiger partial charge is 0.307 e. The van der Waals surface area contributed by atoms with Gasteiger partial charge in [0, 0.05) is 31.7 Å². The summed E-state index contributed by atoms with van der Waals surface area (Å²) in [5.74, 6) is 0.459. The minimum Gasteiger partial charge on any atom is -0.497 e. The van der Waals surface area contributed by atoms with E-state index in [1.807, 2.05) is 31.2 Å². The van der Waals surface area contributed by atoms with Gasteiger partial charge in [-0.3, -0.25) is 9.59 Å². The molecule has 1 fully saturated rings. The van der Waals surface area contributed by atoms with E-state index in [9.17, 15) is 9.59 Å². The summed E-state index contributed by atoms with van der Waals surface area (Å²) in [7, 11) is 1.62. The number of benzene rings is 1. The lowest BCUT2D eigenvalue weighted by atomic mass is 10.1. The number of esters is 1. The highest BCUT2D eigenvalue weighted by Crippen LogP contribution is 2.34. The molecule has 0 radical (unpaired) electrons. The van der Waals surface area contributed by atoms with Crippen LogP contribution in [0.1, 0.15) is 35.8 Å². The van der Waals surface area contributed by atoms with E-state index >= 15 is 0 Å². The molecule has 2 N–H and O–H groups in total. The largest absolute Gasteiger partial charge is 0.497 e. The average molecular weight is 505 g/mol. The third kappa shape index (κ3) is 5.25. The van der Waals surface area contributed by atoms with Gasteiger partial charge in [-0.15, -0.1) is 0 Å². The third-order valence-corrected chi connectivity index (χ3v) is 6.28. The zero-order chi connectivity index (χ0) is 25.8. The van der Waals surface area contributed by atoms with Crippen molar-refractivity contribution in [3.05, 3.63) is 54.2 Å². The fourth-order valence-corrected chi connectivity index (χ4v) is 4.29. The lowest BCUT2D eigenvalue weighted by molar-refractivity contribution is -0.147. The summed E-state index contributed by atoms with van der Waals surface area (Å²) >= 11 is 0. The van der Waals surface area contributed by atoms with Gasteiger partial charge < -0.3 is 24.5 Å². The normalized spacial score (nSPS) is 15.4. The number of aryl methyl sites for hydroxylation is 1. The van der Waals surface area contributed by atoms with Gasteiger partial charge in [0.25, 0.3) is 5.91 Å². The molecule has 4 heterocycles. The number of hydrogen-bond donors (Lipinski definition) is 2. The standard InChI is InChI=1S/C26H28N6O5/c1-3-32-24-19(14-29-32)23(30-17-9-11-36-22(33)12-17)20(13-28-24)26-31-21(15-37-26)25(34)27-10-8-16-4-6-18(35-2)7-5-16/h4-7,13-15,17H,3,8-12H2,1-2H3,(H,27,34)(H,28,30). The SMILES string of the molecule is CCn1ncc2c(NC3CCOC(=O)C3)c(-c3nc(C(=O)NCCc4ccc(OC)cc4)co3)cnc21. The van der Waals surface area contributed by atoms with Gasteiger partial charge in [-0.2, -0.15) is 5.10 Å². The van der Waals surface area contributed by atoms with Crippen LogP contribution < -0.4 is 15.4 Å². The van der Waals surface area contributed by atoms with E-state index < -0.39 is 0 Å². The number of pyridine rings is 1. The Morgan fingerprint density at radius 2 is 2.08 bits per heavy atom. The molecular weight excluding hydrogens is 476 g/mol. The van der Waals surface area contributed by atoms with Crippen molar-refractivity contribution in [3.8, 4) is 17.2 Å². The number of nitrogens with one attached hydrogen (secondary N) is 2. The number of ether oxygens (including phenoxy) is 2. The molecule has 11 nitrogen and oxygen atoms in total. The van der Waals surface area contributed by atoms with Crippen molar-refractivity contribution in [3.63, 3.8) is 0 Å². The van der Waals surface area contributed by atoms with Crippen molar-refractivity contribution in [2.75, 3.05) is 25.6 Å². The van der Waals surface area contributed by atoms with Gasteiger partial charge in [-0.25, -0.2) is 14.6 Å². The van der Waals surface area contributed by atoms with Crippen LogP contribution in [0.4, 0.5) is 5.69 Å². The van der Waals surface area contributed by atoms with E-state index in [0.29, 0.717) is 49.4 Å². The third-order valence-electron chi connectivity index (χ3n) is 6.28. The Morgan fingerprint density at radius 3 is 2.84 bits per heavy atom. The van der Waals surface area contributed by atoms with Crippen LogP contribution in [0.2, 0.25) is 0 Å². The van der Waals surface area contributed by atoms with E-state index in [2.05, 4.69) is 25.7 Å². The fraction of sp³-hybridized carbons (Fsp3) is 0.346. The Morgan fingerprint density at radius 1 is 1.24 bits per heavy atom. The van der Waals surface area contributed by atoms with Gasteiger partial charge >= 0.3 is 5.97 Å². The average Bonchev–Trinajstić information content (AvgIpc) is 3.57. The summed E-state index contributed by atoms with van der Waals surface area (Å²) in [5.41, 5.74) is 3.24. The highest BCUT2D eigenvalue weighted by atomic mass is 16.5. The zero-order valence-electron chi connectivity index (χ0n) is 20.7. The monoisotopic (exact) mass is 504 g/mol. The van der Waals surface area contributed by atoms with Crippen molar-refractivity contribution in [1.29, 1.82) is 0 Å². The maximum atomic E-state index is 12.7. The molecule has 1 unspecified atom stereocenters. The number of carbonyl (C=O) groups is 2. The van der Waals surface area contributed by atoms with Crippen LogP contribution in [0.15, 0.2) is 47.3 Å². The van der Waals surface area contributed by atoms with Crippen LogP contribution in [-0.4, -0.2) is 57.9 Å². The first-order valence-corrected chi connectivity index (χ1v) is 12.2. The first kappa shape index (κ1) is 24.3. The molecule has 0 bridgehead atoms. The molecule has 0 spiro atoms. The molecule has 5 rings (SSSR count). The predicted molar refractivity (Wildman–Crippen MR) is 135 cm³/mol. The minimum absolute atomic E-state index is 0.119. The summed E-state index contributed by atoms with van der Waals surface area (Å²) < 4.78 is 17.8. The number of anilines is 1. The lowest BCUT2D eigenvalue weighted by Gasteiger charge is -2.24. The van der Waals surface area contributed by atoms with Gasteiger partial charge in [0.15, 0.2) is 11.3 Å². The maximum absolute atomic E-state index is 12.7. The van der Waals surface area contributed by atoms with Crippen LogP contribution in [0.3, 0.4) is 0 Å². The fourth-order valence-electron chi connectivity index (χ4n) is 4.29. The summed E-state index contributed by atoms with van der Waals surface area (Å²) in [5, 5.41) is 11.5. The summed E-state index contributed by atoms with van der Waals surface area (Å²) in [4.78, 5) is 33.6. The second kappa shape index (κ2) is 10.7. The van der Waals surface area contributed by atoms with Gasteiger partial charge in [-0.05, 0) is 31.0 Å². The highest BCUT2D eigenvalue weighted by molar-refractivity contribution is 5.98. The first-order chi connectivity index (χ1) is 18.1.